The monoisotopic (exact) mass is 337 g/mol. The average Bonchev–Trinajstić information content (AvgIpc) is 3.17. The minimum Gasteiger partial charge on any atom is -0.467 e. The molecule has 0 saturated carbocycles. The van der Waals surface area contributed by atoms with Crippen LogP contribution in [0.2, 0.25) is 0 Å². The van der Waals surface area contributed by atoms with Gasteiger partial charge >= 0.3 is 0 Å². The van der Waals surface area contributed by atoms with Crippen LogP contribution in [0.25, 0.3) is 11.0 Å². The molecule has 1 atom stereocenters. The molecule has 1 aliphatic heterocycles. The maximum atomic E-state index is 13.3. The number of furan rings is 2. The van der Waals surface area contributed by atoms with Crippen molar-refractivity contribution in [2.75, 3.05) is 6.54 Å². The van der Waals surface area contributed by atoms with Gasteiger partial charge in [-0.3, -0.25) is 4.79 Å². The molecule has 1 aliphatic rings. The standard InChI is InChI=1S/C21H23NO3/c1-14-9-10-18-16(13-14)15(2)20(25-18)21(23)22-11-5-3-4-7-17(22)19-8-6-12-24-19/h6,8-10,12-13,17H,3-5,7,11H2,1-2H3/t17-/m0/s1. The topological polar surface area (TPSA) is 46.6 Å². The molecule has 1 fully saturated rings. The molecule has 4 heteroatoms. The molecular formula is C21H23NO3. The molecule has 130 valence electrons. The molecule has 4 nitrogen and oxygen atoms in total. The van der Waals surface area contributed by atoms with Gasteiger partial charge in [0.2, 0.25) is 0 Å². The van der Waals surface area contributed by atoms with E-state index in [1.165, 1.54) is 5.56 Å². The third kappa shape index (κ3) is 2.86. The summed E-state index contributed by atoms with van der Waals surface area (Å²) in [6, 6.07) is 9.87. The van der Waals surface area contributed by atoms with Crippen LogP contribution in [0.1, 0.15) is 59.2 Å². The van der Waals surface area contributed by atoms with Crippen LogP contribution in [0.4, 0.5) is 0 Å². The Bertz CT molecular complexity index is 891. The van der Waals surface area contributed by atoms with Crippen LogP contribution in [0.5, 0.6) is 0 Å². The number of carbonyl (C=O) groups excluding carboxylic acids is 1. The van der Waals surface area contributed by atoms with Crippen LogP contribution in [0.3, 0.4) is 0 Å². The van der Waals surface area contributed by atoms with Crippen LogP contribution in [-0.2, 0) is 0 Å². The highest BCUT2D eigenvalue weighted by molar-refractivity contribution is 5.99. The van der Waals surface area contributed by atoms with Crippen molar-refractivity contribution < 1.29 is 13.6 Å². The number of hydrogen-bond acceptors (Lipinski definition) is 3. The molecule has 1 aromatic carbocycles. The Morgan fingerprint density at radius 2 is 2.04 bits per heavy atom. The number of benzene rings is 1. The molecule has 0 radical (unpaired) electrons. The van der Waals surface area contributed by atoms with Crippen LogP contribution in [-0.4, -0.2) is 17.4 Å². The van der Waals surface area contributed by atoms with Crippen molar-refractivity contribution in [2.24, 2.45) is 0 Å². The van der Waals surface area contributed by atoms with E-state index in [9.17, 15) is 4.79 Å². The van der Waals surface area contributed by atoms with E-state index in [0.717, 1.165) is 54.5 Å². The summed E-state index contributed by atoms with van der Waals surface area (Å²) < 4.78 is 11.6. The highest BCUT2D eigenvalue weighted by Crippen LogP contribution is 2.34. The summed E-state index contributed by atoms with van der Waals surface area (Å²) in [5.41, 5.74) is 2.86. The third-order valence-electron chi connectivity index (χ3n) is 5.17. The lowest BCUT2D eigenvalue weighted by atomic mass is 10.1. The molecule has 1 amide bonds. The van der Waals surface area contributed by atoms with E-state index in [4.69, 9.17) is 8.83 Å². The van der Waals surface area contributed by atoms with Gasteiger partial charge in [-0.15, -0.1) is 0 Å². The summed E-state index contributed by atoms with van der Waals surface area (Å²) in [5.74, 6) is 1.29. The predicted octanol–water partition coefficient (Wildman–Crippen LogP) is 5.40. The Morgan fingerprint density at radius 1 is 1.16 bits per heavy atom. The Kier molecular flexibility index (Phi) is 4.12. The second-order valence-electron chi connectivity index (χ2n) is 6.93. The molecule has 0 unspecified atom stereocenters. The van der Waals surface area contributed by atoms with E-state index in [2.05, 4.69) is 13.0 Å². The molecule has 2 aromatic heterocycles. The number of rotatable bonds is 2. The molecule has 4 rings (SSSR count). The van der Waals surface area contributed by atoms with Gasteiger partial charge in [0.25, 0.3) is 5.91 Å². The highest BCUT2D eigenvalue weighted by atomic mass is 16.3. The van der Waals surface area contributed by atoms with E-state index in [1.54, 1.807) is 6.26 Å². The zero-order valence-electron chi connectivity index (χ0n) is 14.7. The molecule has 0 aliphatic carbocycles. The number of carbonyl (C=O) groups is 1. The summed E-state index contributed by atoms with van der Waals surface area (Å²) in [7, 11) is 0. The predicted molar refractivity (Wildman–Crippen MR) is 96.6 cm³/mol. The summed E-state index contributed by atoms with van der Waals surface area (Å²) in [6.07, 6.45) is 5.86. The number of fused-ring (bicyclic) bond motifs is 1. The van der Waals surface area contributed by atoms with Crippen LogP contribution < -0.4 is 0 Å². The van der Waals surface area contributed by atoms with Crippen molar-refractivity contribution in [2.45, 2.75) is 45.6 Å². The quantitative estimate of drug-likeness (QED) is 0.629. The van der Waals surface area contributed by atoms with Crippen molar-refractivity contribution >= 4 is 16.9 Å². The maximum Gasteiger partial charge on any atom is 0.290 e. The first-order chi connectivity index (χ1) is 12.1. The SMILES string of the molecule is Cc1ccc2oc(C(=O)N3CCCCC[C@H]3c3ccco3)c(C)c2c1. The van der Waals surface area contributed by atoms with Crippen LogP contribution >= 0.6 is 0 Å². The van der Waals surface area contributed by atoms with E-state index in [-0.39, 0.29) is 11.9 Å². The molecule has 25 heavy (non-hydrogen) atoms. The summed E-state index contributed by atoms with van der Waals surface area (Å²) in [6.45, 7) is 4.76. The number of aryl methyl sites for hydroxylation is 2. The number of hydrogen-bond donors (Lipinski definition) is 0. The van der Waals surface area contributed by atoms with Gasteiger partial charge in [0.05, 0.1) is 12.3 Å². The molecule has 0 N–H and O–H groups in total. The average molecular weight is 337 g/mol. The van der Waals surface area contributed by atoms with Crippen molar-refractivity contribution in [1.82, 2.24) is 4.90 Å². The first-order valence-electron chi connectivity index (χ1n) is 8.99. The molecule has 3 aromatic rings. The second-order valence-corrected chi connectivity index (χ2v) is 6.93. The van der Waals surface area contributed by atoms with Crippen molar-refractivity contribution in [3.63, 3.8) is 0 Å². The number of likely N-dealkylation sites (tertiary alicyclic amines) is 1. The van der Waals surface area contributed by atoms with Crippen LogP contribution in [0, 0.1) is 13.8 Å². The lowest BCUT2D eigenvalue weighted by Crippen LogP contribution is -2.34. The Labute approximate surface area is 147 Å². The summed E-state index contributed by atoms with van der Waals surface area (Å²) in [5, 5.41) is 1.02. The molecular weight excluding hydrogens is 314 g/mol. The Hall–Kier alpha value is -2.49. The fourth-order valence-corrected chi connectivity index (χ4v) is 3.80. The zero-order chi connectivity index (χ0) is 17.4. The normalized spacial score (nSPS) is 18.5. The minimum absolute atomic E-state index is 0.0145. The van der Waals surface area contributed by atoms with Gasteiger partial charge in [0.1, 0.15) is 11.3 Å². The van der Waals surface area contributed by atoms with Gasteiger partial charge in [0.15, 0.2) is 5.76 Å². The minimum atomic E-state index is -0.0327. The van der Waals surface area contributed by atoms with Crippen molar-refractivity contribution in [3.8, 4) is 0 Å². The molecule has 0 spiro atoms. The van der Waals surface area contributed by atoms with Gasteiger partial charge in [-0.1, -0.05) is 24.5 Å². The van der Waals surface area contributed by atoms with E-state index < -0.39 is 0 Å². The van der Waals surface area contributed by atoms with Crippen LogP contribution in [0.15, 0.2) is 45.4 Å². The fraction of sp³-hybridized carbons (Fsp3) is 0.381. The Balaban J connectivity index is 1.74. The molecule has 1 saturated heterocycles. The third-order valence-corrected chi connectivity index (χ3v) is 5.17. The second kappa shape index (κ2) is 6.43. The smallest absolute Gasteiger partial charge is 0.290 e. The summed E-state index contributed by atoms with van der Waals surface area (Å²) in [4.78, 5) is 15.3. The lowest BCUT2D eigenvalue weighted by molar-refractivity contribution is 0.0627. The van der Waals surface area contributed by atoms with Gasteiger partial charge in [0, 0.05) is 17.5 Å². The first kappa shape index (κ1) is 16.0. The number of amides is 1. The van der Waals surface area contributed by atoms with Gasteiger partial charge in [-0.2, -0.15) is 0 Å². The fourth-order valence-electron chi connectivity index (χ4n) is 3.80. The van der Waals surface area contributed by atoms with E-state index >= 15 is 0 Å². The largest absolute Gasteiger partial charge is 0.467 e. The molecule has 0 bridgehead atoms. The maximum absolute atomic E-state index is 13.3. The van der Waals surface area contributed by atoms with Gasteiger partial charge in [-0.05, 0) is 51.0 Å². The number of nitrogens with zero attached hydrogens (tertiary/aromatic N) is 1. The zero-order valence-corrected chi connectivity index (χ0v) is 14.7. The van der Waals surface area contributed by atoms with Gasteiger partial charge in [-0.25, -0.2) is 0 Å². The van der Waals surface area contributed by atoms with E-state index in [1.807, 2.05) is 36.1 Å². The van der Waals surface area contributed by atoms with Gasteiger partial charge < -0.3 is 13.7 Å². The highest BCUT2D eigenvalue weighted by Gasteiger charge is 2.32. The molecule has 3 heterocycles. The van der Waals surface area contributed by atoms with E-state index in [0.29, 0.717) is 5.76 Å². The van der Waals surface area contributed by atoms with Crippen molar-refractivity contribution in [1.29, 1.82) is 0 Å². The van der Waals surface area contributed by atoms with Crippen molar-refractivity contribution in [3.05, 3.63) is 59.2 Å². The first-order valence-corrected chi connectivity index (χ1v) is 8.99. The Morgan fingerprint density at radius 3 is 2.84 bits per heavy atom. The summed E-state index contributed by atoms with van der Waals surface area (Å²) >= 11 is 0. The lowest BCUT2D eigenvalue weighted by Gasteiger charge is -2.28.